The molecule has 1 heteroatoms. The zero-order valence-electron chi connectivity index (χ0n) is 15.7. The number of carbonyl (C=O) groups is 1. The molecular formula is C21H36O. The summed E-state index contributed by atoms with van der Waals surface area (Å²) in [5.41, 5.74) is 3.53. The van der Waals surface area contributed by atoms with Gasteiger partial charge in [0.2, 0.25) is 0 Å². The Hall–Kier alpha value is -1.11. The molecule has 0 saturated carbocycles. The number of hydrogen-bond acceptors (Lipinski definition) is 1. The molecule has 1 aromatic carbocycles. The molecule has 0 N–H and O–H groups in total. The van der Waals surface area contributed by atoms with Gasteiger partial charge >= 0.3 is 0 Å². The third-order valence-corrected chi connectivity index (χ3v) is 4.07. The van der Waals surface area contributed by atoms with Gasteiger partial charge < -0.3 is 0 Å². The molecule has 1 aliphatic carbocycles. The summed E-state index contributed by atoms with van der Waals surface area (Å²) < 4.78 is 0. The van der Waals surface area contributed by atoms with Crippen molar-refractivity contribution in [1.29, 1.82) is 0 Å². The van der Waals surface area contributed by atoms with Crippen LogP contribution in [-0.4, -0.2) is 5.78 Å². The fourth-order valence-electron chi connectivity index (χ4n) is 2.94. The summed E-state index contributed by atoms with van der Waals surface area (Å²) in [4.78, 5) is 12.4. The van der Waals surface area contributed by atoms with E-state index in [1.165, 1.54) is 36.8 Å². The molecule has 0 radical (unpaired) electrons. The zero-order valence-corrected chi connectivity index (χ0v) is 15.7. The molecule has 2 rings (SSSR count). The van der Waals surface area contributed by atoms with Gasteiger partial charge in [0, 0.05) is 11.5 Å². The van der Waals surface area contributed by atoms with E-state index in [2.05, 4.69) is 26.0 Å². The molecule has 1 aromatic rings. The van der Waals surface area contributed by atoms with Gasteiger partial charge in [0.1, 0.15) is 0 Å². The van der Waals surface area contributed by atoms with Crippen molar-refractivity contribution in [3.63, 3.8) is 0 Å². The summed E-state index contributed by atoms with van der Waals surface area (Å²) in [6, 6.07) is 6.28. The summed E-state index contributed by atoms with van der Waals surface area (Å²) in [7, 11) is 0. The molecule has 0 heterocycles. The largest absolute Gasteiger partial charge is 0.294 e. The number of hydrogen-bond donors (Lipinski definition) is 0. The van der Waals surface area contributed by atoms with Gasteiger partial charge in [-0.05, 0) is 31.7 Å². The first-order chi connectivity index (χ1) is 10.7. The van der Waals surface area contributed by atoms with Crippen molar-refractivity contribution in [2.45, 2.75) is 86.5 Å². The molecule has 0 bridgehead atoms. The lowest BCUT2D eigenvalue weighted by molar-refractivity contribution is 0.0892. The van der Waals surface area contributed by atoms with Crippen LogP contribution in [0.4, 0.5) is 0 Å². The first-order valence-electron chi connectivity index (χ1n) is 9.36. The minimum absolute atomic E-state index is 0.289. The molecule has 126 valence electrons. The average Bonchev–Trinajstić information content (AvgIpc) is 2.57. The van der Waals surface area contributed by atoms with Crippen LogP contribution in [0.15, 0.2) is 18.2 Å². The third kappa shape index (κ3) is 6.34. The second-order valence-electron chi connectivity index (χ2n) is 5.61. The molecular weight excluding hydrogens is 268 g/mol. The maximum absolute atomic E-state index is 12.4. The number of ketones is 1. The fourth-order valence-corrected chi connectivity index (χ4v) is 2.94. The molecule has 1 unspecified atom stereocenters. The van der Waals surface area contributed by atoms with E-state index < -0.39 is 0 Å². The standard InChI is InChI=1S/C17H24O.2C2H6/c1-3-4-5-6-7-14-9-10-15-12-13(2)8-11-16(15)17(14)18;2*1-2/h8,11-12,14H,3-7,9-10H2,1-2H3;2*1-2H3. The van der Waals surface area contributed by atoms with Crippen LogP contribution >= 0.6 is 0 Å². The van der Waals surface area contributed by atoms with Gasteiger partial charge in [0.15, 0.2) is 5.78 Å². The first-order valence-corrected chi connectivity index (χ1v) is 9.36. The van der Waals surface area contributed by atoms with E-state index in [-0.39, 0.29) is 5.92 Å². The lowest BCUT2D eigenvalue weighted by atomic mass is 9.80. The van der Waals surface area contributed by atoms with Crippen molar-refractivity contribution in [2.24, 2.45) is 5.92 Å². The third-order valence-electron chi connectivity index (χ3n) is 4.07. The molecule has 22 heavy (non-hydrogen) atoms. The van der Waals surface area contributed by atoms with Crippen molar-refractivity contribution in [3.8, 4) is 0 Å². The SMILES string of the molecule is CC.CC.CCCCCCC1CCc2cc(C)ccc2C1=O. The lowest BCUT2D eigenvalue weighted by Gasteiger charge is -2.23. The van der Waals surface area contributed by atoms with E-state index in [1.54, 1.807) is 0 Å². The highest BCUT2D eigenvalue weighted by atomic mass is 16.1. The van der Waals surface area contributed by atoms with Gasteiger partial charge in [-0.15, -0.1) is 0 Å². The van der Waals surface area contributed by atoms with Crippen LogP contribution in [0.3, 0.4) is 0 Å². The first kappa shape index (κ1) is 20.9. The molecule has 1 aliphatic rings. The number of benzene rings is 1. The van der Waals surface area contributed by atoms with Crippen LogP contribution in [0.1, 0.15) is 94.6 Å². The Labute approximate surface area is 138 Å². The molecule has 0 fully saturated rings. The van der Waals surface area contributed by atoms with E-state index in [1.807, 2.05) is 33.8 Å². The van der Waals surface area contributed by atoms with Gasteiger partial charge in [-0.1, -0.05) is 84.1 Å². The normalized spacial score (nSPS) is 15.9. The predicted octanol–water partition coefficient (Wildman–Crippen LogP) is 6.76. The Balaban J connectivity index is 0.00000102. The highest BCUT2D eigenvalue weighted by Crippen LogP contribution is 2.29. The minimum Gasteiger partial charge on any atom is -0.294 e. The van der Waals surface area contributed by atoms with Gasteiger partial charge in [0.25, 0.3) is 0 Å². The molecule has 0 aromatic heterocycles. The monoisotopic (exact) mass is 304 g/mol. The molecule has 0 amide bonds. The Morgan fingerprint density at radius 2 is 1.73 bits per heavy atom. The van der Waals surface area contributed by atoms with Crippen molar-refractivity contribution >= 4 is 5.78 Å². The topological polar surface area (TPSA) is 17.1 Å². The molecule has 0 spiro atoms. The van der Waals surface area contributed by atoms with E-state index in [4.69, 9.17) is 0 Å². The molecule has 1 atom stereocenters. The van der Waals surface area contributed by atoms with Crippen LogP contribution in [0.5, 0.6) is 0 Å². The smallest absolute Gasteiger partial charge is 0.166 e. The average molecular weight is 305 g/mol. The predicted molar refractivity (Wildman–Crippen MR) is 98.8 cm³/mol. The Morgan fingerprint density at radius 3 is 2.36 bits per heavy atom. The van der Waals surface area contributed by atoms with Gasteiger partial charge in [-0.3, -0.25) is 4.79 Å². The van der Waals surface area contributed by atoms with Crippen LogP contribution in [0, 0.1) is 12.8 Å². The maximum Gasteiger partial charge on any atom is 0.166 e. The van der Waals surface area contributed by atoms with Crippen molar-refractivity contribution in [2.75, 3.05) is 0 Å². The van der Waals surface area contributed by atoms with E-state index >= 15 is 0 Å². The quantitative estimate of drug-likeness (QED) is 0.549. The second kappa shape index (κ2) is 12.4. The van der Waals surface area contributed by atoms with Crippen molar-refractivity contribution in [3.05, 3.63) is 34.9 Å². The van der Waals surface area contributed by atoms with Gasteiger partial charge in [-0.25, -0.2) is 0 Å². The number of unbranched alkanes of at least 4 members (excludes halogenated alkanes) is 3. The van der Waals surface area contributed by atoms with Gasteiger partial charge in [0.05, 0.1) is 0 Å². The number of fused-ring (bicyclic) bond motifs is 1. The molecule has 0 aliphatic heterocycles. The minimum atomic E-state index is 0.289. The second-order valence-corrected chi connectivity index (χ2v) is 5.61. The Kier molecular flexibility index (Phi) is 11.8. The lowest BCUT2D eigenvalue weighted by Crippen LogP contribution is -2.22. The van der Waals surface area contributed by atoms with Crippen LogP contribution in [0.2, 0.25) is 0 Å². The summed E-state index contributed by atoms with van der Waals surface area (Å²) in [5.74, 6) is 0.685. The number of aryl methyl sites for hydroxylation is 2. The summed E-state index contributed by atoms with van der Waals surface area (Å²) in [5, 5.41) is 0. The Bertz CT molecular complexity index is 420. The highest BCUT2D eigenvalue weighted by Gasteiger charge is 2.26. The van der Waals surface area contributed by atoms with Crippen LogP contribution in [0.25, 0.3) is 0 Å². The van der Waals surface area contributed by atoms with E-state index in [0.717, 1.165) is 24.8 Å². The van der Waals surface area contributed by atoms with E-state index in [0.29, 0.717) is 5.78 Å². The fraction of sp³-hybridized carbons (Fsp3) is 0.667. The number of carbonyl (C=O) groups excluding carboxylic acids is 1. The van der Waals surface area contributed by atoms with Crippen LogP contribution in [-0.2, 0) is 6.42 Å². The highest BCUT2D eigenvalue weighted by molar-refractivity contribution is 6.00. The van der Waals surface area contributed by atoms with Crippen molar-refractivity contribution < 1.29 is 4.79 Å². The zero-order chi connectivity index (χ0) is 17.0. The maximum atomic E-state index is 12.4. The summed E-state index contributed by atoms with van der Waals surface area (Å²) >= 11 is 0. The number of Topliss-reactive ketones (excluding diaryl/α,β-unsaturated/α-hetero) is 1. The van der Waals surface area contributed by atoms with Crippen molar-refractivity contribution in [1.82, 2.24) is 0 Å². The summed E-state index contributed by atoms with van der Waals surface area (Å²) in [6.45, 7) is 12.3. The van der Waals surface area contributed by atoms with E-state index in [9.17, 15) is 4.79 Å². The number of rotatable bonds is 5. The molecule has 0 saturated heterocycles. The van der Waals surface area contributed by atoms with Gasteiger partial charge in [-0.2, -0.15) is 0 Å². The van der Waals surface area contributed by atoms with Crippen LogP contribution < -0.4 is 0 Å². The molecule has 1 nitrogen and oxygen atoms in total. The Morgan fingerprint density at radius 1 is 1.05 bits per heavy atom. The summed E-state index contributed by atoms with van der Waals surface area (Å²) in [6.07, 6.45) is 8.29.